The van der Waals surface area contributed by atoms with Crippen molar-refractivity contribution in [1.29, 1.82) is 0 Å². The first kappa shape index (κ1) is 8.79. The third kappa shape index (κ3) is 2.09. The van der Waals surface area contributed by atoms with Crippen LogP contribution in [-0.4, -0.2) is 16.2 Å². The summed E-state index contributed by atoms with van der Waals surface area (Å²) in [4.78, 5) is 13.8. The van der Waals surface area contributed by atoms with Crippen molar-refractivity contribution in [1.82, 2.24) is 4.98 Å². The summed E-state index contributed by atoms with van der Waals surface area (Å²) in [6.07, 6.45) is 0.359. The maximum atomic E-state index is 10.2. The van der Waals surface area contributed by atoms with Gasteiger partial charge in [0.25, 0.3) is 5.88 Å². The van der Waals surface area contributed by atoms with E-state index in [0.717, 1.165) is 0 Å². The molecule has 0 aliphatic carbocycles. The van der Waals surface area contributed by atoms with Crippen molar-refractivity contribution < 1.29 is 14.6 Å². The number of hydrogen-bond donors (Lipinski definition) is 2. The molecule has 0 radical (unpaired) electrons. The summed E-state index contributed by atoms with van der Waals surface area (Å²) in [5.41, 5.74) is 4.71. The molecule has 0 saturated heterocycles. The van der Waals surface area contributed by atoms with Crippen molar-refractivity contribution in [3.05, 3.63) is 16.7 Å². The molecule has 1 aromatic rings. The third-order valence-electron chi connectivity index (χ3n) is 0.996. The van der Waals surface area contributed by atoms with Gasteiger partial charge in [0.05, 0.1) is 0 Å². The molecule has 0 aromatic carbocycles. The highest BCUT2D eigenvalue weighted by Crippen LogP contribution is 2.25. The van der Waals surface area contributed by atoms with Crippen molar-refractivity contribution in [3.8, 4) is 11.6 Å². The number of aromatic hydroxyl groups is 1. The predicted octanol–water partition coefficient (Wildman–Crippen LogP) is 1.01. The summed E-state index contributed by atoms with van der Waals surface area (Å²) in [5.74, 6) is -0.450. The lowest BCUT2D eigenvalue weighted by atomic mass is 10.4. The number of aromatic nitrogens is 1. The molecule has 3 N–H and O–H groups in total. The number of primary amides is 1. The van der Waals surface area contributed by atoms with Crippen molar-refractivity contribution >= 4 is 22.0 Å². The van der Waals surface area contributed by atoms with E-state index < -0.39 is 6.09 Å². The molecule has 64 valence electrons. The lowest BCUT2D eigenvalue weighted by molar-refractivity contribution is 0.206. The Morgan fingerprint density at radius 2 is 2.42 bits per heavy atom. The van der Waals surface area contributed by atoms with E-state index in [1.165, 1.54) is 12.3 Å². The zero-order valence-electron chi connectivity index (χ0n) is 5.82. The molecule has 5 nitrogen and oxygen atoms in total. The van der Waals surface area contributed by atoms with Crippen LogP contribution in [0.2, 0.25) is 0 Å². The fraction of sp³-hybridized carbons (Fsp3) is 0. The van der Waals surface area contributed by atoms with Crippen molar-refractivity contribution in [3.63, 3.8) is 0 Å². The smallest absolute Gasteiger partial charge is 0.411 e. The second-order valence-corrected chi connectivity index (χ2v) is 2.81. The standard InChI is InChI=1S/C6H5BrN2O3/c7-3-1-4(10)5(9-2-3)12-6(8)11/h1-2,10H,(H2,8,11). The van der Waals surface area contributed by atoms with Crippen LogP contribution in [0.25, 0.3) is 0 Å². The van der Waals surface area contributed by atoms with Gasteiger partial charge in [-0.15, -0.1) is 0 Å². The number of halogens is 1. The Kier molecular flexibility index (Phi) is 2.49. The third-order valence-corrected chi connectivity index (χ3v) is 1.43. The minimum absolute atomic E-state index is 0.203. The maximum Gasteiger partial charge on any atom is 0.411 e. The number of carbonyl (C=O) groups excluding carboxylic acids is 1. The van der Waals surface area contributed by atoms with Gasteiger partial charge in [-0.1, -0.05) is 0 Å². The van der Waals surface area contributed by atoms with Gasteiger partial charge in [0.15, 0.2) is 5.75 Å². The molecule has 6 heteroatoms. The zero-order valence-corrected chi connectivity index (χ0v) is 7.41. The molecule has 0 bridgehead atoms. The van der Waals surface area contributed by atoms with Crippen molar-refractivity contribution in [2.75, 3.05) is 0 Å². The molecule has 0 spiro atoms. The Morgan fingerprint density at radius 1 is 1.75 bits per heavy atom. The van der Waals surface area contributed by atoms with Gasteiger partial charge in [0.1, 0.15) is 0 Å². The predicted molar refractivity (Wildman–Crippen MR) is 43.8 cm³/mol. The first-order chi connectivity index (χ1) is 5.59. The van der Waals surface area contributed by atoms with E-state index in [-0.39, 0.29) is 11.6 Å². The SMILES string of the molecule is NC(=O)Oc1ncc(Br)cc1O. The Labute approximate surface area is 76.3 Å². The molecule has 1 aromatic heterocycles. The first-order valence-corrected chi connectivity index (χ1v) is 3.70. The topological polar surface area (TPSA) is 85.4 Å². The molecule has 0 aliphatic rings. The zero-order chi connectivity index (χ0) is 9.14. The van der Waals surface area contributed by atoms with Gasteiger partial charge in [0.2, 0.25) is 0 Å². The van der Waals surface area contributed by atoms with Gasteiger partial charge in [-0.2, -0.15) is 0 Å². The van der Waals surface area contributed by atoms with Crippen LogP contribution < -0.4 is 10.5 Å². The maximum absolute atomic E-state index is 10.2. The van der Waals surface area contributed by atoms with Gasteiger partial charge in [-0.3, -0.25) is 0 Å². The van der Waals surface area contributed by atoms with Gasteiger partial charge < -0.3 is 15.6 Å². The fourth-order valence-electron chi connectivity index (χ4n) is 0.590. The molecule has 1 rings (SSSR count). The van der Waals surface area contributed by atoms with E-state index in [0.29, 0.717) is 4.47 Å². The first-order valence-electron chi connectivity index (χ1n) is 2.91. The fourth-order valence-corrected chi connectivity index (χ4v) is 0.909. The molecule has 0 fully saturated rings. The Hall–Kier alpha value is -1.30. The van der Waals surface area contributed by atoms with Crippen LogP contribution in [0, 0.1) is 0 Å². The normalized spacial score (nSPS) is 9.42. The Bertz CT molecular complexity index is 316. The van der Waals surface area contributed by atoms with Gasteiger partial charge >= 0.3 is 6.09 Å². The molecule has 12 heavy (non-hydrogen) atoms. The van der Waals surface area contributed by atoms with Crippen LogP contribution in [0.3, 0.4) is 0 Å². The molecular formula is C6H5BrN2O3. The van der Waals surface area contributed by atoms with Gasteiger partial charge in [0, 0.05) is 16.7 Å². The van der Waals surface area contributed by atoms with E-state index in [9.17, 15) is 4.79 Å². The van der Waals surface area contributed by atoms with E-state index in [4.69, 9.17) is 10.8 Å². The Balaban J connectivity index is 2.93. The van der Waals surface area contributed by atoms with Crippen LogP contribution in [0.4, 0.5) is 4.79 Å². The summed E-state index contributed by atoms with van der Waals surface area (Å²) in [7, 11) is 0. The molecule has 1 heterocycles. The largest absolute Gasteiger partial charge is 0.503 e. The lowest BCUT2D eigenvalue weighted by Gasteiger charge is -2.01. The highest BCUT2D eigenvalue weighted by atomic mass is 79.9. The van der Waals surface area contributed by atoms with E-state index in [1.54, 1.807) is 0 Å². The molecule has 0 unspecified atom stereocenters. The van der Waals surface area contributed by atoms with Crippen molar-refractivity contribution in [2.24, 2.45) is 5.73 Å². The van der Waals surface area contributed by atoms with Crippen molar-refractivity contribution in [2.45, 2.75) is 0 Å². The number of nitrogens with zero attached hydrogens (tertiary/aromatic N) is 1. The van der Waals surface area contributed by atoms with Crippen LogP contribution in [-0.2, 0) is 0 Å². The summed E-state index contributed by atoms with van der Waals surface area (Å²) >= 11 is 3.07. The number of ether oxygens (including phenoxy) is 1. The highest BCUT2D eigenvalue weighted by molar-refractivity contribution is 9.10. The summed E-state index contributed by atoms with van der Waals surface area (Å²) < 4.78 is 4.94. The molecule has 0 aliphatic heterocycles. The Morgan fingerprint density at radius 3 is 2.92 bits per heavy atom. The number of rotatable bonds is 1. The average Bonchev–Trinajstić information content (AvgIpc) is 1.94. The number of pyridine rings is 1. The second kappa shape index (κ2) is 3.40. The molecule has 0 saturated carbocycles. The molecule has 0 atom stereocenters. The number of amides is 1. The number of carbonyl (C=O) groups is 1. The minimum atomic E-state index is -1.01. The van der Waals surface area contributed by atoms with Crippen LogP contribution in [0.1, 0.15) is 0 Å². The minimum Gasteiger partial charge on any atom is -0.503 e. The number of hydrogen-bond acceptors (Lipinski definition) is 4. The molecule has 1 amide bonds. The van der Waals surface area contributed by atoms with E-state index >= 15 is 0 Å². The second-order valence-electron chi connectivity index (χ2n) is 1.90. The van der Waals surface area contributed by atoms with Gasteiger partial charge in [-0.25, -0.2) is 9.78 Å². The van der Waals surface area contributed by atoms with E-state index in [1.807, 2.05) is 0 Å². The highest BCUT2D eigenvalue weighted by Gasteiger charge is 2.06. The summed E-state index contributed by atoms with van der Waals surface area (Å²) in [5, 5.41) is 9.11. The quantitative estimate of drug-likeness (QED) is 0.757. The monoisotopic (exact) mass is 232 g/mol. The van der Waals surface area contributed by atoms with Crippen LogP contribution >= 0.6 is 15.9 Å². The molecular weight excluding hydrogens is 228 g/mol. The average molecular weight is 233 g/mol. The summed E-state index contributed by atoms with van der Waals surface area (Å²) in [6.45, 7) is 0. The number of nitrogens with two attached hydrogens (primary N) is 1. The summed E-state index contributed by atoms with van der Waals surface area (Å²) in [6, 6.07) is 1.34. The van der Waals surface area contributed by atoms with E-state index in [2.05, 4.69) is 25.7 Å². The van der Waals surface area contributed by atoms with Crippen LogP contribution in [0.15, 0.2) is 16.7 Å². The lowest BCUT2D eigenvalue weighted by Crippen LogP contribution is -2.16. The van der Waals surface area contributed by atoms with Crippen LogP contribution in [0.5, 0.6) is 11.6 Å². The van der Waals surface area contributed by atoms with Gasteiger partial charge in [-0.05, 0) is 15.9 Å².